The maximum absolute atomic E-state index is 13.2. The predicted octanol–water partition coefficient (Wildman–Crippen LogP) is 0.989. The number of benzene rings is 1. The Morgan fingerprint density at radius 1 is 1.25 bits per heavy atom. The molecule has 0 spiro atoms. The number of rotatable bonds is 2. The molecule has 1 amide bonds. The molecule has 1 heterocycles. The van der Waals surface area contributed by atoms with E-state index >= 15 is 0 Å². The Balaban J connectivity index is 2.38. The number of hydrogen-bond donors (Lipinski definition) is 3. The molecule has 6 nitrogen and oxygen atoms in total. The van der Waals surface area contributed by atoms with Gasteiger partial charge in [0.05, 0.1) is 6.54 Å². The van der Waals surface area contributed by atoms with Crippen molar-refractivity contribution >= 4 is 12.1 Å². The maximum atomic E-state index is 13.2. The van der Waals surface area contributed by atoms with E-state index in [1.165, 1.54) is 0 Å². The van der Waals surface area contributed by atoms with Crippen LogP contribution in [0.5, 0.6) is 0 Å². The van der Waals surface area contributed by atoms with E-state index in [0.717, 1.165) is 18.2 Å². The number of β-amino-alcohol motifs (C(OH)–C–C–N with tert-alkyl or cyclic N) is 1. The molecule has 1 aliphatic rings. The van der Waals surface area contributed by atoms with Gasteiger partial charge in [-0.15, -0.1) is 0 Å². The van der Waals surface area contributed by atoms with Crippen LogP contribution in [-0.4, -0.2) is 44.9 Å². The van der Waals surface area contributed by atoms with E-state index in [1.807, 2.05) is 0 Å². The molecule has 0 aromatic heterocycles. The van der Waals surface area contributed by atoms with Gasteiger partial charge >= 0.3 is 12.1 Å². The summed E-state index contributed by atoms with van der Waals surface area (Å²) in [5.74, 6) is -3.72. The van der Waals surface area contributed by atoms with Gasteiger partial charge in [-0.25, -0.2) is 18.4 Å². The Morgan fingerprint density at radius 3 is 2.35 bits per heavy atom. The van der Waals surface area contributed by atoms with Gasteiger partial charge in [-0.3, -0.25) is 4.90 Å². The van der Waals surface area contributed by atoms with Gasteiger partial charge in [0.25, 0.3) is 0 Å². The fourth-order valence-corrected chi connectivity index (χ4v) is 2.30. The second-order valence-corrected chi connectivity index (χ2v) is 4.63. The van der Waals surface area contributed by atoms with Gasteiger partial charge < -0.3 is 15.3 Å². The normalized spacial score (nSPS) is 25.8. The fourth-order valence-electron chi connectivity index (χ4n) is 2.30. The molecule has 0 bridgehead atoms. The zero-order valence-electron chi connectivity index (χ0n) is 10.1. The van der Waals surface area contributed by atoms with Crippen LogP contribution in [0.1, 0.15) is 12.0 Å². The number of likely N-dealkylation sites (tertiary alicyclic amines) is 1. The van der Waals surface area contributed by atoms with E-state index in [0.29, 0.717) is 4.90 Å². The van der Waals surface area contributed by atoms with Crippen molar-refractivity contribution in [1.82, 2.24) is 4.90 Å². The first-order valence-corrected chi connectivity index (χ1v) is 5.65. The van der Waals surface area contributed by atoms with Gasteiger partial charge in [-0.1, -0.05) is 6.07 Å². The van der Waals surface area contributed by atoms with Gasteiger partial charge in [-0.05, 0) is 17.7 Å². The van der Waals surface area contributed by atoms with Crippen molar-refractivity contribution in [2.24, 2.45) is 0 Å². The van der Waals surface area contributed by atoms with Crippen molar-refractivity contribution in [2.75, 3.05) is 6.54 Å². The minimum Gasteiger partial charge on any atom is -0.480 e. The molecule has 0 radical (unpaired) electrons. The molecular formula is C12H11F2NO5. The summed E-state index contributed by atoms with van der Waals surface area (Å²) in [6.45, 7) is -0.523. The highest BCUT2D eigenvalue weighted by molar-refractivity contribution is 5.80. The minimum atomic E-state index is -1.87. The lowest BCUT2D eigenvalue weighted by molar-refractivity contribution is -0.141. The molecule has 8 heteroatoms. The third kappa shape index (κ3) is 2.29. The molecule has 1 aromatic carbocycles. The summed E-state index contributed by atoms with van der Waals surface area (Å²) in [5, 5.41) is 28.2. The van der Waals surface area contributed by atoms with Crippen LogP contribution >= 0.6 is 0 Å². The topological polar surface area (TPSA) is 98.1 Å². The SMILES string of the molecule is O=C(O)[C@@H]1C[C@@](O)(c2ccc(F)c(F)c2)CN1C(=O)O. The van der Waals surface area contributed by atoms with Gasteiger partial charge in [0.1, 0.15) is 11.6 Å². The van der Waals surface area contributed by atoms with Crippen LogP contribution in [0.25, 0.3) is 0 Å². The summed E-state index contributed by atoms with van der Waals surface area (Å²) in [6.07, 6.45) is -1.93. The van der Waals surface area contributed by atoms with Crippen molar-refractivity contribution in [3.05, 3.63) is 35.4 Å². The zero-order valence-corrected chi connectivity index (χ0v) is 10.1. The highest BCUT2D eigenvalue weighted by Crippen LogP contribution is 2.36. The molecule has 0 aliphatic carbocycles. The van der Waals surface area contributed by atoms with Crippen molar-refractivity contribution < 1.29 is 33.7 Å². The number of nitrogens with zero attached hydrogens (tertiary/aromatic N) is 1. The van der Waals surface area contributed by atoms with Crippen molar-refractivity contribution in [1.29, 1.82) is 0 Å². The first kappa shape index (κ1) is 14.2. The summed E-state index contributed by atoms with van der Waals surface area (Å²) in [4.78, 5) is 22.5. The van der Waals surface area contributed by atoms with E-state index in [9.17, 15) is 23.5 Å². The summed E-state index contributed by atoms with van der Waals surface area (Å²) in [7, 11) is 0. The highest BCUT2D eigenvalue weighted by Gasteiger charge is 2.49. The van der Waals surface area contributed by atoms with Crippen molar-refractivity contribution in [3.8, 4) is 0 Å². The lowest BCUT2D eigenvalue weighted by Gasteiger charge is -2.22. The van der Waals surface area contributed by atoms with Crippen molar-refractivity contribution in [3.63, 3.8) is 0 Å². The van der Waals surface area contributed by atoms with E-state index in [1.54, 1.807) is 0 Å². The Hall–Kier alpha value is -2.22. The van der Waals surface area contributed by atoms with Gasteiger partial charge in [0, 0.05) is 6.42 Å². The zero-order chi connectivity index (χ0) is 15.1. The van der Waals surface area contributed by atoms with Crippen molar-refractivity contribution in [2.45, 2.75) is 18.1 Å². The molecule has 3 N–H and O–H groups in total. The van der Waals surface area contributed by atoms with Crippen LogP contribution in [0, 0.1) is 11.6 Å². The first-order valence-electron chi connectivity index (χ1n) is 5.65. The van der Waals surface area contributed by atoms with Crippen LogP contribution in [0.2, 0.25) is 0 Å². The van der Waals surface area contributed by atoms with E-state index in [4.69, 9.17) is 10.2 Å². The molecular weight excluding hydrogens is 276 g/mol. The summed E-state index contributed by atoms with van der Waals surface area (Å²) in [5.41, 5.74) is -1.93. The number of halogens is 2. The second kappa shape index (κ2) is 4.71. The largest absolute Gasteiger partial charge is 0.480 e. The van der Waals surface area contributed by atoms with Crippen LogP contribution in [0.15, 0.2) is 18.2 Å². The minimum absolute atomic E-state index is 0.0635. The molecule has 20 heavy (non-hydrogen) atoms. The smallest absolute Gasteiger partial charge is 0.408 e. The molecule has 2 atom stereocenters. The van der Waals surface area contributed by atoms with Gasteiger partial charge in [-0.2, -0.15) is 0 Å². The molecule has 1 saturated heterocycles. The molecule has 0 unspecified atom stereocenters. The Bertz CT molecular complexity index is 555. The number of aliphatic hydroxyl groups is 1. The monoisotopic (exact) mass is 287 g/mol. The molecule has 108 valence electrons. The number of hydrogen-bond acceptors (Lipinski definition) is 3. The average molecular weight is 287 g/mol. The van der Waals surface area contributed by atoms with Gasteiger partial charge in [0.2, 0.25) is 0 Å². The van der Waals surface area contributed by atoms with Crippen LogP contribution in [0.3, 0.4) is 0 Å². The molecule has 1 aliphatic heterocycles. The number of aliphatic carboxylic acids is 1. The predicted molar refractivity (Wildman–Crippen MR) is 61.0 cm³/mol. The Kier molecular flexibility index (Phi) is 3.34. The lowest BCUT2D eigenvalue weighted by atomic mass is 9.91. The van der Waals surface area contributed by atoms with E-state index in [2.05, 4.69) is 0 Å². The average Bonchev–Trinajstić information content (AvgIpc) is 2.72. The molecule has 1 fully saturated rings. The third-order valence-corrected chi connectivity index (χ3v) is 3.33. The molecule has 0 saturated carbocycles. The highest BCUT2D eigenvalue weighted by atomic mass is 19.2. The molecule has 1 aromatic rings. The number of carboxylic acids is 1. The summed E-state index contributed by atoms with van der Waals surface area (Å²) in [6, 6.07) is 1.19. The van der Waals surface area contributed by atoms with Gasteiger partial charge in [0.15, 0.2) is 11.6 Å². The fraction of sp³-hybridized carbons (Fsp3) is 0.333. The Morgan fingerprint density at radius 2 is 1.90 bits per heavy atom. The number of carbonyl (C=O) groups is 2. The number of carboxylic acid groups (broad SMARTS) is 2. The lowest BCUT2D eigenvalue weighted by Crippen LogP contribution is -2.40. The standard InChI is InChI=1S/C12H11F2NO5/c13-7-2-1-6(3-8(7)14)12(20)4-9(10(16)17)15(5-12)11(18)19/h1-3,9,20H,4-5H2,(H,16,17)(H,18,19)/t9-,12-/m0/s1. The quantitative estimate of drug-likeness (QED) is 0.753. The second-order valence-electron chi connectivity index (χ2n) is 4.63. The van der Waals surface area contributed by atoms with Crippen LogP contribution in [0.4, 0.5) is 13.6 Å². The maximum Gasteiger partial charge on any atom is 0.408 e. The molecule has 2 rings (SSSR count). The third-order valence-electron chi connectivity index (χ3n) is 3.33. The van der Waals surface area contributed by atoms with Crippen LogP contribution in [-0.2, 0) is 10.4 Å². The van der Waals surface area contributed by atoms with Crippen LogP contribution < -0.4 is 0 Å². The number of amides is 1. The van der Waals surface area contributed by atoms with E-state index in [-0.39, 0.29) is 5.56 Å². The summed E-state index contributed by atoms with van der Waals surface area (Å²) < 4.78 is 26.0. The Labute approximate surface area is 111 Å². The van der Waals surface area contributed by atoms with E-state index < -0.39 is 48.3 Å². The first-order chi connectivity index (χ1) is 9.24. The summed E-state index contributed by atoms with van der Waals surface area (Å²) >= 11 is 0.